The molecule has 0 saturated carbocycles. The van der Waals surface area contributed by atoms with E-state index in [1.807, 2.05) is 30.3 Å². The van der Waals surface area contributed by atoms with Crippen molar-refractivity contribution in [3.63, 3.8) is 0 Å². The van der Waals surface area contributed by atoms with E-state index in [0.29, 0.717) is 13.2 Å². The molecule has 0 bridgehead atoms. The molecule has 0 aliphatic carbocycles. The highest BCUT2D eigenvalue weighted by atomic mass is 32.2. The summed E-state index contributed by atoms with van der Waals surface area (Å²) in [4.78, 5) is 1.24. The van der Waals surface area contributed by atoms with Crippen molar-refractivity contribution in [3.05, 3.63) is 54.5 Å². The molecular weight excluding hydrogens is 244 g/mol. The van der Waals surface area contributed by atoms with Crippen LogP contribution in [0.3, 0.4) is 0 Å². The van der Waals surface area contributed by atoms with Crippen molar-refractivity contribution in [3.8, 4) is 11.8 Å². The van der Waals surface area contributed by atoms with E-state index in [0.717, 1.165) is 11.5 Å². The highest BCUT2D eigenvalue weighted by molar-refractivity contribution is 7.99. The topological polar surface area (TPSA) is 22.4 Å². The summed E-state index contributed by atoms with van der Waals surface area (Å²) in [5, 5.41) is 0. The number of hydrogen-bond donors (Lipinski definition) is 0. The largest absolute Gasteiger partial charge is 0.467 e. The van der Waals surface area contributed by atoms with Crippen LogP contribution in [0.15, 0.2) is 58.0 Å². The third-order valence-corrected chi connectivity index (χ3v) is 3.07. The van der Waals surface area contributed by atoms with E-state index in [-0.39, 0.29) is 0 Å². The van der Waals surface area contributed by atoms with E-state index in [1.54, 1.807) is 18.0 Å². The minimum Gasteiger partial charge on any atom is -0.467 e. The summed E-state index contributed by atoms with van der Waals surface area (Å²) < 4.78 is 10.5. The molecule has 2 aromatic rings. The van der Waals surface area contributed by atoms with Gasteiger partial charge in [-0.2, -0.15) is 0 Å². The molecule has 0 aliphatic rings. The van der Waals surface area contributed by atoms with Gasteiger partial charge in [0.05, 0.1) is 12.0 Å². The van der Waals surface area contributed by atoms with E-state index < -0.39 is 0 Å². The molecule has 0 fully saturated rings. The fraction of sp³-hybridized carbons (Fsp3) is 0.200. The van der Waals surface area contributed by atoms with Crippen LogP contribution in [0.5, 0.6) is 0 Å². The van der Waals surface area contributed by atoms with Crippen LogP contribution in [-0.2, 0) is 11.3 Å². The first-order valence-corrected chi connectivity index (χ1v) is 6.67. The SMILES string of the molecule is C(#CCSc1ccccc1)COCc1ccco1. The second-order valence-electron chi connectivity index (χ2n) is 3.53. The van der Waals surface area contributed by atoms with Gasteiger partial charge in [-0.15, -0.1) is 11.8 Å². The van der Waals surface area contributed by atoms with Crippen LogP contribution in [0, 0.1) is 11.8 Å². The smallest absolute Gasteiger partial charge is 0.129 e. The molecule has 92 valence electrons. The maximum Gasteiger partial charge on any atom is 0.129 e. The van der Waals surface area contributed by atoms with Crippen LogP contribution in [0.1, 0.15) is 5.76 Å². The Balaban J connectivity index is 1.59. The molecule has 0 N–H and O–H groups in total. The molecule has 0 amide bonds. The Hall–Kier alpha value is -1.63. The molecule has 0 atom stereocenters. The van der Waals surface area contributed by atoms with Gasteiger partial charge in [0.25, 0.3) is 0 Å². The van der Waals surface area contributed by atoms with Crippen molar-refractivity contribution in [2.24, 2.45) is 0 Å². The lowest BCUT2D eigenvalue weighted by molar-refractivity contribution is 0.136. The third kappa shape index (κ3) is 4.70. The average Bonchev–Trinajstić information content (AvgIpc) is 2.92. The minimum absolute atomic E-state index is 0.441. The Bertz CT molecular complexity index is 494. The first-order chi connectivity index (χ1) is 8.95. The number of ether oxygens (including phenoxy) is 1. The molecule has 0 aliphatic heterocycles. The first-order valence-electron chi connectivity index (χ1n) is 5.69. The highest BCUT2D eigenvalue weighted by Gasteiger charge is 1.92. The van der Waals surface area contributed by atoms with Gasteiger partial charge in [-0.05, 0) is 24.3 Å². The van der Waals surface area contributed by atoms with Crippen LogP contribution in [0.25, 0.3) is 0 Å². The Labute approximate surface area is 111 Å². The van der Waals surface area contributed by atoms with E-state index in [1.165, 1.54) is 4.90 Å². The minimum atomic E-state index is 0.441. The van der Waals surface area contributed by atoms with E-state index >= 15 is 0 Å². The maximum absolute atomic E-state index is 5.35. The lowest BCUT2D eigenvalue weighted by Gasteiger charge is -1.96. The summed E-state index contributed by atoms with van der Waals surface area (Å²) >= 11 is 1.73. The van der Waals surface area contributed by atoms with Gasteiger partial charge in [0.15, 0.2) is 0 Å². The summed E-state index contributed by atoms with van der Waals surface area (Å²) in [6, 6.07) is 14.0. The van der Waals surface area contributed by atoms with Crippen LogP contribution in [-0.4, -0.2) is 12.4 Å². The fourth-order valence-electron chi connectivity index (χ4n) is 1.34. The Kier molecular flexibility index (Phi) is 5.45. The molecule has 0 spiro atoms. The number of benzene rings is 1. The van der Waals surface area contributed by atoms with Gasteiger partial charge in [0.2, 0.25) is 0 Å². The van der Waals surface area contributed by atoms with Gasteiger partial charge in [-0.1, -0.05) is 30.0 Å². The fourth-order valence-corrected chi connectivity index (χ4v) is 2.03. The lowest BCUT2D eigenvalue weighted by atomic mass is 10.4. The molecule has 0 unspecified atom stereocenters. The number of hydrogen-bond acceptors (Lipinski definition) is 3. The summed E-state index contributed by atoms with van der Waals surface area (Å²) in [5.74, 6) is 7.67. The van der Waals surface area contributed by atoms with Crippen molar-refractivity contribution < 1.29 is 9.15 Å². The zero-order valence-electron chi connectivity index (χ0n) is 9.96. The van der Waals surface area contributed by atoms with Crippen molar-refractivity contribution in [2.75, 3.05) is 12.4 Å². The van der Waals surface area contributed by atoms with Crippen molar-refractivity contribution in [1.82, 2.24) is 0 Å². The summed E-state index contributed by atoms with van der Waals surface area (Å²) in [7, 11) is 0. The van der Waals surface area contributed by atoms with Gasteiger partial charge >= 0.3 is 0 Å². The van der Waals surface area contributed by atoms with Gasteiger partial charge in [-0.25, -0.2) is 0 Å². The van der Waals surface area contributed by atoms with Gasteiger partial charge < -0.3 is 9.15 Å². The summed E-state index contributed by atoms with van der Waals surface area (Å²) in [6.45, 7) is 0.920. The summed E-state index contributed by atoms with van der Waals surface area (Å²) in [5.41, 5.74) is 0. The Morgan fingerprint density at radius 2 is 1.94 bits per heavy atom. The zero-order valence-corrected chi connectivity index (χ0v) is 10.8. The lowest BCUT2D eigenvalue weighted by Crippen LogP contribution is -1.91. The molecule has 0 radical (unpaired) electrons. The molecule has 3 heteroatoms. The van der Waals surface area contributed by atoms with Crippen LogP contribution < -0.4 is 0 Å². The van der Waals surface area contributed by atoms with Crippen molar-refractivity contribution >= 4 is 11.8 Å². The molecule has 1 aromatic heterocycles. The third-order valence-electron chi connectivity index (χ3n) is 2.18. The quantitative estimate of drug-likeness (QED) is 0.465. The molecule has 2 nitrogen and oxygen atoms in total. The predicted octanol–water partition coefficient (Wildman–Crippen LogP) is 3.59. The Morgan fingerprint density at radius 3 is 2.72 bits per heavy atom. The van der Waals surface area contributed by atoms with Crippen LogP contribution in [0.4, 0.5) is 0 Å². The first kappa shape index (κ1) is 12.8. The van der Waals surface area contributed by atoms with E-state index in [9.17, 15) is 0 Å². The highest BCUT2D eigenvalue weighted by Crippen LogP contribution is 2.15. The monoisotopic (exact) mass is 258 g/mol. The molecule has 1 heterocycles. The van der Waals surface area contributed by atoms with Gasteiger partial charge in [0, 0.05) is 4.90 Å². The van der Waals surface area contributed by atoms with Gasteiger partial charge in [0.1, 0.15) is 19.0 Å². The second-order valence-corrected chi connectivity index (χ2v) is 4.58. The average molecular weight is 258 g/mol. The summed E-state index contributed by atoms with van der Waals surface area (Å²) in [6.07, 6.45) is 1.64. The molecule has 2 rings (SSSR count). The van der Waals surface area contributed by atoms with Crippen LogP contribution in [0.2, 0.25) is 0 Å². The molecule has 0 saturated heterocycles. The standard InChI is InChI=1S/C15H14O2S/c1-2-8-15(9-3-1)18-12-5-4-10-16-13-14-7-6-11-17-14/h1-3,6-9,11H,10,12-13H2. The molecular formula is C15H14O2S. The Morgan fingerprint density at radius 1 is 1.06 bits per heavy atom. The zero-order chi connectivity index (χ0) is 12.5. The van der Waals surface area contributed by atoms with Gasteiger partial charge in [-0.3, -0.25) is 0 Å². The number of thioether (sulfide) groups is 1. The van der Waals surface area contributed by atoms with Crippen molar-refractivity contribution in [1.29, 1.82) is 0 Å². The second kappa shape index (κ2) is 7.65. The van der Waals surface area contributed by atoms with Crippen molar-refractivity contribution in [2.45, 2.75) is 11.5 Å². The maximum atomic E-state index is 5.35. The van der Waals surface area contributed by atoms with E-state index in [4.69, 9.17) is 9.15 Å². The predicted molar refractivity (Wildman–Crippen MR) is 73.3 cm³/mol. The molecule has 1 aromatic carbocycles. The van der Waals surface area contributed by atoms with Crippen LogP contribution >= 0.6 is 11.8 Å². The normalized spacial score (nSPS) is 9.78. The number of furan rings is 1. The van der Waals surface area contributed by atoms with E-state index in [2.05, 4.69) is 24.0 Å². The molecule has 18 heavy (non-hydrogen) atoms. The number of rotatable bonds is 5.